The van der Waals surface area contributed by atoms with Crippen LogP contribution in [0.4, 0.5) is 4.39 Å². The zero-order valence-electron chi connectivity index (χ0n) is 10.6. The Morgan fingerprint density at radius 1 is 1.33 bits per heavy atom. The standard InChI is InChI=1S/C14H17FO3/c1-3-14(2,13(17)18)9-11(16)8-10-6-4-5-7-12(10)15/h4-7H,3,8-9H2,1-2H3,(H,17,18). The topological polar surface area (TPSA) is 54.4 Å². The lowest BCUT2D eigenvalue weighted by Crippen LogP contribution is -2.30. The zero-order valence-corrected chi connectivity index (χ0v) is 10.6. The van der Waals surface area contributed by atoms with Crippen molar-refractivity contribution in [2.45, 2.75) is 33.1 Å². The Morgan fingerprint density at radius 3 is 2.44 bits per heavy atom. The smallest absolute Gasteiger partial charge is 0.309 e. The molecule has 0 radical (unpaired) electrons. The Bertz CT molecular complexity index is 456. The first-order valence-electron chi connectivity index (χ1n) is 5.87. The summed E-state index contributed by atoms with van der Waals surface area (Å²) in [7, 11) is 0. The number of carboxylic acid groups (broad SMARTS) is 1. The summed E-state index contributed by atoms with van der Waals surface area (Å²) in [4.78, 5) is 22.9. The maximum absolute atomic E-state index is 13.4. The molecule has 1 aromatic rings. The van der Waals surface area contributed by atoms with Crippen molar-refractivity contribution < 1.29 is 19.1 Å². The molecular formula is C14H17FO3. The van der Waals surface area contributed by atoms with E-state index < -0.39 is 17.2 Å². The van der Waals surface area contributed by atoms with Crippen molar-refractivity contribution in [2.75, 3.05) is 0 Å². The van der Waals surface area contributed by atoms with Gasteiger partial charge in [0.2, 0.25) is 0 Å². The highest BCUT2D eigenvalue weighted by atomic mass is 19.1. The van der Waals surface area contributed by atoms with Crippen LogP contribution in [0.2, 0.25) is 0 Å². The van der Waals surface area contributed by atoms with E-state index in [9.17, 15) is 14.0 Å². The van der Waals surface area contributed by atoms with Gasteiger partial charge in [0, 0.05) is 12.8 Å². The molecule has 0 fully saturated rings. The van der Waals surface area contributed by atoms with E-state index in [0.29, 0.717) is 12.0 Å². The van der Waals surface area contributed by atoms with Gasteiger partial charge in [0.15, 0.2) is 0 Å². The summed E-state index contributed by atoms with van der Waals surface area (Å²) in [6.07, 6.45) is 0.230. The fourth-order valence-electron chi connectivity index (χ4n) is 1.70. The van der Waals surface area contributed by atoms with E-state index in [4.69, 9.17) is 5.11 Å². The number of aliphatic carboxylic acids is 1. The van der Waals surface area contributed by atoms with Crippen molar-refractivity contribution in [1.29, 1.82) is 0 Å². The second-order valence-corrected chi connectivity index (χ2v) is 4.70. The van der Waals surface area contributed by atoms with E-state index in [1.165, 1.54) is 19.1 Å². The van der Waals surface area contributed by atoms with Crippen LogP contribution in [0, 0.1) is 11.2 Å². The van der Waals surface area contributed by atoms with Crippen LogP contribution in [-0.4, -0.2) is 16.9 Å². The predicted octanol–water partition coefficient (Wildman–Crippen LogP) is 2.83. The van der Waals surface area contributed by atoms with E-state index in [2.05, 4.69) is 0 Å². The van der Waals surface area contributed by atoms with Gasteiger partial charge in [-0.05, 0) is 25.0 Å². The molecule has 0 amide bonds. The fraction of sp³-hybridized carbons (Fsp3) is 0.429. The molecule has 3 nitrogen and oxygen atoms in total. The zero-order chi connectivity index (χ0) is 13.8. The van der Waals surface area contributed by atoms with Gasteiger partial charge < -0.3 is 5.11 Å². The van der Waals surface area contributed by atoms with Crippen molar-refractivity contribution in [3.05, 3.63) is 35.6 Å². The van der Waals surface area contributed by atoms with Crippen molar-refractivity contribution in [2.24, 2.45) is 5.41 Å². The molecule has 0 spiro atoms. The van der Waals surface area contributed by atoms with Gasteiger partial charge in [-0.2, -0.15) is 0 Å². The fourth-order valence-corrected chi connectivity index (χ4v) is 1.70. The number of ketones is 1. The summed E-state index contributed by atoms with van der Waals surface area (Å²) in [6, 6.07) is 6.04. The van der Waals surface area contributed by atoms with Gasteiger partial charge in [-0.3, -0.25) is 9.59 Å². The predicted molar refractivity (Wildman–Crippen MR) is 65.8 cm³/mol. The van der Waals surface area contributed by atoms with Crippen LogP contribution < -0.4 is 0 Å². The molecule has 0 heterocycles. The van der Waals surface area contributed by atoms with Crippen LogP contribution in [0.15, 0.2) is 24.3 Å². The first-order chi connectivity index (χ1) is 8.39. The third-order valence-corrected chi connectivity index (χ3v) is 3.23. The normalized spacial score (nSPS) is 13.9. The summed E-state index contributed by atoms with van der Waals surface area (Å²) in [5, 5.41) is 9.08. The van der Waals surface area contributed by atoms with Gasteiger partial charge >= 0.3 is 5.97 Å². The Labute approximate surface area is 106 Å². The van der Waals surface area contributed by atoms with Gasteiger partial charge in [-0.25, -0.2) is 4.39 Å². The minimum atomic E-state index is -1.07. The monoisotopic (exact) mass is 252 g/mol. The molecule has 1 unspecified atom stereocenters. The highest BCUT2D eigenvalue weighted by molar-refractivity contribution is 5.87. The summed E-state index contributed by atoms with van der Waals surface area (Å²) >= 11 is 0. The van der Waals surface area contributed by atoms with E-state index >= 15 is 0 Å². The number of halogens is 1. The summed E-state index contributed by atoms with van der Waals surface area (Å²) < 4.78 is 13.4. The number of carbonyl (C=O) groups is 2. The van der Waals surface area contributed by atoms with Gasteiger partial charge in [-0.15, -0.1) is 0 Å². The van der Waals surface area contributed by atoms with E-state index in [0.717, 1.165) is 0 Å². The highest BCUT2D eigenvalue weighted by Crippen LogP contribution is 2.27. The number of hydrogen-bond acceptors (Lipinski definition) is 2. The molecule has 1 aromatic carbocycles. The van der Waals surface area contributed by atoms with Crippen molar-refractivity contribution >= 4 is 11.8 Å². The maximum Gasteiger partial charge on any atom is 0.309 e. The van der Waals surface area contributed by atoms with Crippen LogP contribution >= 0.6 is 0 Å². The summed E-state index contributed by atoms with van der Waals surface area (Å²) in [6.45, 7) is 3.26. The van der Waals surface area contributed by atoms with Crippen molar-refractivity contribution in [1.82, 2.24) is 0 Å². The third kappa shape index (κ3) is 3.39. The van der Waals surface area contributed by atoms with Crippen LogP contribution in [0.3, 0.4) is 0 Å². The molecule has 0 saturated heterocycles. The van der Waals surface area contributed by atoms with Crippen LogP contribution in [0.5, 0.6) is 0 Å². The summed E-state index contributed by atoms with van der Waals surface area (Å²) in [5.41, 5.74) is -0.756. The lowest BCUT2D eigenvalue weighted by atomic mass is 9.81. The Balaban J connectivity index is 2.73. The molecule has 1 rings (SSSR count). The maximum atomic E-state index is 13.4. The number of benzene rings is 1. The Kier molecular flexibility index (Phi) is 4.59. The molecule has 18 heavy (non-hydrogen) atoms. The molecule has 98 valence electrons. The van der Waals surface area contributed by atoms with Crippen molar-refractivity contribution in [3.63, 3.8) is 0 Å². The van der Waals surface area contributed by atoms with Gasteiger partial charge in [-0.1, -0.05) is 25.1 Å². The number of Topliss-reactive ketones (excluding diaryl/α,β-unsaturated/α-hetero) is 1. The molecule has 0 aromatic heterocycles. The quantitative estimate of drug-likeness (QED) is 0.847. The van der Waals surface area contributed by atoms with E-state index in [1.54, 1.807) is 19.1 Å². The average molecular weight is 252 g/mol. The molecule has 1 N–H and O–H groups in total. The number of rotatable bonds is 6. The largest absolute Gasteiger partial charge is 0.481 e. The molecule has 0 aliphatic heterocycles. The molecule has 0 saturated carbocycles. The minimum absolute atomic E-state index is 0.0600. The number of carbonyl (C=O) groups excluding carboxylic acids is 1. The van der Waals surface area contributed by atoms with Crippen LogP contribution in [-0.2, 0) is 16.0 Å². The third-order valence-electron chi connectivity index (χ3n) is 3.23. The molecule has 4 heteroatoms. The Hall–Kier alpha value is -1.71. The SMILES string of the molecule is CCC(C)(CC(=O)Cc1ccccc1F)C(=O)O. The van der Waals surface area contributed by atoms with Crippen LogP contribution in [0.25, 0.3) is 0 Å². The van der Waals surface area contributed by atoms with Gasteiger partial charge in [0.05, 0.1) is 5.41 Å². The first kappa shape index (κ1) is 14.4. The number of carboxylic acids is 1. The Morgan fingerprint density at radius 2 is 1.94 bits per heavy atom. The second kappa shape index (κ2) is 5.76. The minimum Gasteiger partial charge on any atom is -0.481 e. The lowest BCUT2D eigenvalue weighted by molar-refractivity contribution is -0.150. The molecule has 0 bridgehead atoms. The van der Waals surface area contributed by atoms with Gasteiger partial charge in [0.25, 0.3) is 0 Å². The van der Waals surface area contributed by atoms with Gasteiger partial charge in [0.1, 0.15) is 11.6 Å². The van der Waals surface area contributed by atoms with E-state index in [1.807, 2.05) is 0 Å². The molecule has 0 aliphatic carbocycles. The molecule has 0 aliphatic rings. The average Bonchev–Trinajstić information content (AvgIpc) is 2.31. The highest BCUT2D eigenvalue weighted by Gasteiger charge is 2.33. The molecule has 1 atom stereocenters. The second-order valence-electron chi connectivity index (χ2n) is 4.70. The van der Waals surface area contributed by atoms with E-state index in [-0.39, 0.29) is 18.6 Å². The van der Waals surface area contributed by atoms with Crippen molar-refractivity contribution in [3.8, 4) is 0 Å². The molecular weight excluding hydrogens is 235 g/mol. The first-order valence-corrected chi connectivity index (χ1v) is 5.87. The lowest BCUT2D eigenvalue weighted by Gasteiger charge is -2.21. The van der Waals surface area contributed by atoms with Crippen LogP contribution in [0.1, 0.15) is 32.3 Å². The number of hydrogen-bond donors (Lipinski definition) is 1. The summed E-state index contributed by atoms with van der Waals surface area (Å²) in [5.74, 6) is -1.68.